The molecule has 0 aliphatic carbocycles. The minimum absolute atomic E-state index is 0.0674. The number of carbonyl (C=O) groups excluding carboxylic acids is 2. The molecular formula is C18H22N2O3S. The monoisotopic (exact) mass is 346 g/mol. The Bertz CT molecular complexity index is 692. The highest BCUT2D eigenvalue weighted by molar-refractivity contribution is 7.13. The molecule has 0 aliphatic rings. The van der Waals surface area contributed by atoms with E-state index in [1.165, 1.54) is 18.4 Å². The van der Waals surface area contributed by atoms with Crippen LogP contribution in [0.25, 0.3) is 10.6 Å². The molecule has 0 fully saturated rings. The van der Waals surface area contributed by atoms with E-state index in [1.54, 1.807) is 24.4 Å². The zero-order chi connectivity index (χ0) is 17.5. The van der Waals surface area contributed by atoms with E-state index >= 15 is 0 Å². The summed E-state index contributed by atoms with van der Waals surface area (Å²) >= 11 is 1.47. The summed E-state index contributed by atoms with van der Waals surface area (Å²) in [4.78, 5) is 30.9. The van der Waals surface area contributed by atoms with E-state index in [4.69, 9.17) is 4.74 Å². The summed E-state index contributed by atoms with van der Waals surface area (Å²) in [7, 11) is 1.33. The molecular weight excluding hydrogens is 324 g/mol. The van der Waals surface area contributed by atoms with E-state index in [2.05, 4.69) is 4.98 Å². The maximum atomic E-state index is 12.9. The summed E-state index contributed by atoms with van der Waals surface area (Å²) in [5.41, 5.74) is 1.61. The Kier molecular flexibility index (Phi) is 6.49. The molecule has 0 atom stereocenters. The molecule has 1 heterocycles. The summed E-state index contributed by atoms with van der Waals surface area (Å²) in [5, 5.41) is 2.63. The number of methoxy groups -OCH3 is 1. The van der Waals surface area contributed by atoms with Crippen LogP contribution in [0.3, 0.4) is 0 Å². The van der Waals surface area contributed by atoms with Gasteiger partial charge in [-0.25, -0.2) is 9.78 Å². The second kappa shape index (κ2) is 8.59. The van der Waals surface area contributed by atoms with Crippen molar-refractivity contribution in [2.24, 2.45) is 0 Å². The number of rotatable bonds is 7. The van der Waals surface area contributed by atoms with Gasteiger partial charge in [-0.3, -0.25) is 4.79 Å². The molecule has 2 aromatic rings. The van der Waals surface area contributed by atoms with Crippen molar-refractivity contribution in [1.29, 1.82) is 0 Å². The Hall–Kier alpha value is -2.21. The first kappa shape index (κ1) is 18.1. The lowest BCUT2D eigenvalue weighted by atomic mass is 10.0. The number of aromatic nitrogens is 1. The number of hydrogen-bond donors (Lipinski definition) is 0. The maximum Gasteiger partial charge on any atom is 0.337 e. The second-order valence-electron chi connectivity index (χ2n) is 5.42. The Balaban J connectivity index is 2.46. The molecule has 24 heavy (non-hydrogen) atoms. The average Bonchev–Trinajstić information content (AvgIpc) is 3.14. The van der Waals surface area contributed by atoms with Gasteiger partial charge in [0.05, 0.1) is 12.7 Å². The molecule has 0 spiro atoms. The third kappa shape index (κ3) is 4.20. The van der Waals surface area contributed by atoms with Crippen LogP contribution in [0, 0.1) is 0 Å². The van der Waals surface area contributed by atoms with Crippen molar-refractivity contribution < 1.29 is 14.3 Å². The van der Waals surface area contributed by atoms with Crippen LogP contribution in [0.5, 0.6) is 0 Å². The summed E-state index contributed by atoms with van der Waals surface area (Å²) in [6.07, 6.45) is 3.48. The van der Waals surface area contributed by atoms with E-state index < -0.39 is 5.97 Å². The highest BCUT2D eigenvalue weighted by Crippen LogP contribution is 2.25. The standard InChI is InChI=1S/C18H22N2O3S/c1-4-7-20(8-5-2)17(21)14-10-13(16-19-6-9-24-16)11-15(12-14)18(22)23-3/h6,9-12H,4-5,7-8H2,1-3H3. The molecule has 0 saturated carbocycles. The number of hydrogen-bond acceptors (Lipinski definition) is 5. The maximum absolute atomic E-state index is 12.9. The first-order chi connectivity index (χ1) is 11.6. The molecule has 2 rings (SSSR count). The largest absolute Gasteiger partial charge is 0.465 e. The smallest absolute Gasteiger partial charge is 0.337 e. The molecule has 0 saturated heterocycles. The lowest BCUT2D eigenvalue weighted by Crippen LogP contribution is -2.32. The van der Waals surface area contributed by atoms with Crippen molar-refractivity contribution in [2.45, 2.75) is 26.7 Å². The van der Waals surface area contributed by atoms with Crippen molar-refractivity contribution >= 4 is 23.2 Å². The molecule has 1 aromatic carbocycles. The molecule has 1 aromatic heterocycles. The molecule has 5 nitrogen and oxygen atoms in total. The number of esters is 1. The van der Waals surface area contributed by atoms with Gasteiger partial charge in [0.1, 0.15) is 5.01 Å². The number of amides is 1. The molecule has 0 unspecified atom stereocenters. The van der Waals surface area contributed by atoms with Crippen molar-refractivity contribution in [3.63, 3.8) is 0 Å². The quantitative estimate of drug-likeness (QED) is 0.714. The van der Waals surface area contributed by atoms with E-state index in [1.807, 2.05) is 24.1 Å². The highest BCUT2D eigenvalue weighted by atomic mass is 32.1. The Morgan fingerprint density at radius 1 is 1.12 bits per heavy atom. The number of carbonyl (C=O) groups is 2. The van der Waals surface area contributed by atoms with E-state index in [-0.39, 0.29) is 5.91 Å². The number of benzene rings is 1. The molecule has 0 aliphatic heterocycles. The first-order valence-electron chi connectivity index (χ1n) is 8.03. The van der Waals surface area contributed by atoms with Gasteiger partial charge in [0, 0.05) is 35.8 Å². The first-order valence-corrected chi connectivity index (χ1v) is 8.91. The zero-order valence-electron chi connectivity index (χ0n) is 14.2. The fourth-order valence-electron chi connectivity index (χ4n) is 2.51. The van der Waals surface area contributed by atoms with Crippen LogP contribution < -0.4 is 0 Å². The average molecular weight is 346 g/mol. The van der Waals surface area contributed by atoms with Crippen LogP contribution in [-0.2, 0) is 4.74 Å². The van der Waals surface area contributed by atoms with Crippen molar-refractivity contribution in [3.8, 4) is 10.6 Å². The zero-order valence-corrected chi connectivity index (χ0v) is 15.1. The van der Waals surface area contributed by atoms with Gasteiger partial charge < -0.3 is 9.64 Å². The van der Waals surface area contributed by atoms with Gasteiger partial charge in [0.15, 0.2) is 0 Å². The number of nitrogens with zero attached hydrogens (tertiary/aromatic N) is 2. The molecule has 6 heteroatoms. The molecule has 128 valence electrons. The summed E-state index contributed by atoms with van der Waals surface area (Å²) in [6.45, 7) is 5.48. The SMILES string of the molecule is CCCN(CCC)C(=O)c1cc(C(=O)OC)cc(-c2nccs2)c1. The second-order valence-corrected chi connectivity index (χ2v) is 6.31. The van der Waals surface area contributed by atoms with Crippen LogP contribution >= 0.6 is 11.3 Å². The van der Waals surface area contributed by atoms with Crippen molar-refractivity contribution in [2.75, 3.05) is 20.2 Å². The highest BCUT2D eigenvalue weighted by Gasteiger charge is 2.19. The van der Waals surface area contributed by atoms with E-state index in [0.717, 1.165) is 23.4 Å². The van der Waals surface area contributed by atoms with Crippen LogP contribution in [0.15, 0.2) is 29.8 Å². The third-order valence-corrected chi connectivity index (χ3v) is 4.38. The fraction of sp³-hybridized carbons (Fsp3) is 0.389. The fourth-order valence-corrected chi connectivity index (χ4v) is 3.14. The Morgan fingerprint density at radius 3 is 2.33 bits per heavy atom. The minimum atomic E-state index is -0.458. The van der Waals surface area contributed by atoms with Crippen molar-refractivity contribution in [3.05, 3.63) is 40.9 Å². The van der Waals surface area contributed by atoms with Gasteiger partial charge in [-0.05, 0) is 31.0 Å². The van der Waals surface area contributed by atoms with Gasteiger partial charge >= 0.3 is 5.97 Å². The van der Waals surface area contributed by atoms with Crippen LogP contribution in [0.4, 0.5) is 0 Å². The number of thiazole rings is 1. The Labute approximate surface area is 146 Å². The summed E-state index contributed by atoms with van der Waals surface area (Å²) in [6, 6.07) is 5.11. The summed E-state index contributed by atoms with van der Waals surface area (Å²) < 4.78 is 4.82. The topological polar surface area (TPSA) is 59.5 Å². The van der Waals surface area contributed by atoms with Crippen LogP contribution in [0.1, 0.15) is 47.4 Å². The lowest BCUT2D eigenvalue weighted by molar-refractivity contribution is 0.0600. The molecule has 1 amide bonds. The van der Waals surface area contributed by atoms with Gasteiger partial charge in [-0.1, -0.05) is 13.8 Å². The third-order valence-electron chi connectivity index (χ3n) is 3.55. The van der Waals surface area contributed by atoms with Gasteiger partial charge in [-0.15, -0.1) is 11.3 Å². The van der Waals surface area contributed by atoms with E-state index in [9.17, 15) is 9.59 Å². The molecule has 0 N–H and O–H groups in total. The Morgan fingerprint density at radius 2 is 1.79 bits per heavy atom. The lowest BCUT2D eigenvalue weighted by Gasteiger charge is -2.22. The van der Waals surface area contributed by atoms with Gasteiger partial charge in [-0.2, -0.15) is 0 Å². The van der Waals surface area contributed by atoms with E-state index in [0.29, 0.717) is 24.2 Å². The predicted molar refractivity (Wildman–Crippen MR) is 95.4 cm³/mol. The van der Waals surface area contributed by atoms with Crippen LogP contribution in [-0.4, -0.2) is 42.0 Å². The molecule has 0 bridgehead atoms. The number of ether oxygens (including phenoxy) is 1. The summed E-state index contributed by atoms with van der Waals surface area (Å²) in [5.74, 6) is -0.526. The van der Waals surface area contributed by atoms with Crippen LogP contribution in [0.2, 0.25) is 0 Å². The van der Waals surface area contributed by atoms with Gasteiger partial charge in [0.25, 0.3) is 5.91 Å². The van der Waals surface area contributed by atoms with Crippen molar-refractivity contribution in [1.82, 2.24) is 9.88 Å². The molecule has 0 radical (unpaired) electrons. The van der Waals surface area contributed by atoms with Gasteiger partial charge in [0.2, 0.25) is 0 Å². The normalized spacial score (nSPS) is 10.5. The minimum Gasteiger partial charge on any atom is -0.465 e. The predicted octanol–water partition coefficient (Wildman–Crippen LogP) is 3.86.